The summed E-state index contributed by atoms with van der Waals surface area (Å²) in [6.07, 6.45) is -1.01. The van der Waals surface area contributed by atoms with Crippen LogP contribution in [-0.2, 0) is 10.0 Å². The number of halogens is 1. The van der Waals surface area contributed by atoms with Crippen LogP contribution in [0, 0.1) is 0 Å². The Kier molecular flexibility index (Phi) is 6.72. The van der Waals surface area contributed by atoms with Crippen molar-refractivity contribution in [2.75, 3.05) is 17.5 Å². The summed E-state index contributed by atoms with van der Waals surface area (Å²) in [4.78, 5) is 0.167. The number of ether oxygens (including phenoxy) is 1. The SMILES string of the molecule is O=S(=O)(c1ccccc1)N(C[C@H](O)COc1ccc(Br)cc1)c1ccccc1. The molecule has 0 aliphatic heterocycles. The van der Waals surface area contributed by atoms with E-state index in [2.05, 4.69) is 15.9 Å². The molecule has 0 amide bonds. The van der Waals surface area contributed by atoms with Crippen LogP contribution in [0.25, 0.3) is 0 Å². The first-order chi connectivity index (χ1) is 13.5. The standard InChI is InChI=1S/C21H20BrNO4S/c22-17-11-13-20(14-12-17)27-16-19(24)15-23(18-7-3-1-4-8-18)28(25,26)21-9-5-2-6-10-21/h1-14,19,24H,15-16H2/t19-/m0/s1. The van der Waals surface area contributed by atoms with Gasteiger partial charge in [-0.2, -0.15) is 0 Å². The molecule has 0 radical (unpaired) electrons. The van der Waals surface area contributed by atoms with Gasteiger partial charge in [-0.3, -0.25) is 4.31 Å². The molecule has 0 aromatic heterocycles. The lowest BCUT2D eigenvalue weighted by Crippen LogP contribution is -2.39. The Balaban J connectivity index is 1.79. The molecule has 5 nitrogen and oxygen atoms in total. The number of nitrogens with zero attached hydrogens (tertiary/aromatic N) is 1. The third kappa shape index (κ3) is 5.13. The van der Waals surface area contributed by atoms with Gasteiger partial charge in [0, 0.05) is 4.47 Å². The molecule has 0 aliphatic carbocycles. The summed E-state index contributed by atoms with van der Waals surface area (Å²) in [5.41, 5.74) is 0.481. The zero-order valence-corrected chi connectivity index (χ0v) is 17.4. The van der Waals surface area contributed by atoms with Crippen LogP contribution in [0.15, 0.2) is 94.3 Å². The molecule has 3 aromatic rings. The van der Waals surface area contributed by atoms with Gasteiger partial charge in [-0.05, 0) is 48.5 Å². The van der Waals surface area contributed by atoms with Crippen LogP contribution in [0.2, 0.25) is 0 Å². The van der Waals surface area contributed by atoms with Crippen LogP contribution in [0.1, 0.15) is 0 Å². The predicted octanol–water partition coefficient (Wildman–Crippen LogP) is 4.08. The Labute approximate surface area is 173 Å². The number of hydrogen-bond acceptors (Lipinski definition) is 4. The second-order valence-corrected chi connectivity index (χ2v) is 8.88. The van der Waals surface area contributed by atoms with Gasteiger partial charge in [0.1, 0.15) is 18.5 Å². The zero-order chi connectivity index (χ0) is 20.0. The van der Waals surface area contributed by atoms with Crippen LogP contribution >= 0.6 is 15.9 Å². The molecule has 0 aliphatic rings. The highest BCUT2D eigenvalue weighted by Crippen LogP contribution is 2.24. The molecule has 0 fully saturated rings. The van der Waals surface area contributed by atoms with Crippen molar-refractivity contribution < 1.29 is 18.3 Å². The second kappa shape index (κ2) is 9.23. The summed E-state index contributed by atoms with van der Waals surface area (Å²) in [7, 11) is -3.83. The molecule has 1 atom stereocenters. The van der Waals surface area contributed by atoms with Gasteiger partial charge < -0.3 is 9.84 Å². The highest BCUT2D eigenvalue weighted by molar-refractivity contribution is 9.10. The van der Waals surface area contributed by atoms with Gasteiger partial charge in [0.2, 0.25) is 0 Å². The van der Waals surface area contributed by atoms with Crippen molar-refractivity contribution in [1.82, 2.24) is 0 Å². The molecule has 0 unspecified atom stereocenters. The maximum atomic E-state index is 13.1. The lowest BCUT2D eigenvalue weighted by molar-refractivity contribution is 0.115. The Morgan fingerprint density at radius 1 is 0.893 bits per heavy atom. The first-order valence-electron chi connectivity index (χ1n) is 8.66. The van der Waals surface area contributed by atoms with E-state index >= 15 is 0 Å². The quantitative estimate of drug-likeness (QED) is 0.548. The fraction of sp³-hybridized carbons (Fsp3) is 0.143. The predicted molar refractivity (Wildman–Crippen MR) is 113 cm³/mol. The fourth-order valence-electron chi connectivity index (χ4n) is 2.62. The normalized spacial score (nSPS) is 12.4. The van der Waals surface area contributed by atoms with E-state index in [1.54, 1.807) is 54.6 Å². The van der Waals surface area contributed by atoms with E-state index in [1.807, 2.05) is 18.2 Å². The number of sulfonamides is 1. The Morgan fingerprint density at radius 3 is 2.07 bits per heavy atom. The van der Waals surface area contributed by atoms with Crippen molar-refractivity contribution in [3.05, 3.63) is 89.4 Å². The number of aliphatic hydroxyl groups is 1. The molecular weight excluding hydrogens is 442 g/mol. The molecule has 0 bridgehead atoms. The smallest absolute Gasteiger partial charge is 0.264 e. The lowest BCUT2D eigenvalue weighted by atomic mass is 10.3. The third-order valence-corrected chi connectivity index (χ3v) is 6.34. The van der Waals surface area contributed by atoms with E-state index in [4.69, 9.17) is 4.74 Å². The number of benzene rings is 3. The summed E-state index contributed by atoms with van der Waals surface area (Å²) in [5.74, 6) is 0.597. The van der Waals surface area contributed by atoms with E-state index in [9.17, 15) is 13.5 Å². The number of aliphatic hydroxyl groups excluding tert-OH is 1. The van der Waals surface area contributed by atoms with Crippen molar-refractivity contribution in [3.63, 3.8) is 0 Å². The van der Waals surface area contributed by atoms with Crippen LogP contribution in [0.4, 0.5) is 5.69 Å². The van der Waals surface area contributed by atoms with Crippen molar-refractivity contribution in [2.45, 2.75) is 11.0 Å². The highest BCUT2D eigenvalue weighted by Gasteiger charge is 2.27. The number of para-hydroxylation sites is 1. The molecule has 0 saturated carbocycles. The minimum Gasteiger partial charge on any atom is -0.491 e. The molecule has 28 heavy (non-hydrogen) atoms. The average Bonchev–Trinajstić information content (AvgIpc) is 2.73. The summed E-state index contributed by atoms with van der Waals surface area (Å²) < 4.78 is 34.0. The molecule has 3 rings (SSSR count). The van der Waals surface area contributed by atoms with Gasteiger partial charge in [0.15, 0.2) is 0 Å². The van der Waals surface area contributed by atoms with Crippen molar-refractivity contribution >= 4 is 31.6 Å². The van der Waals surface area contributed by atoms with Crippen molar-refractivity contribution in [2.24, 2.45) is 0 Å². The van der Waals surface area contributed by atoms with Gasteiger partial charge in [-0.1, -0.05) is 52.3 Å². The molecule has 0 saturated heterocycles. The van der Waals surface area contributed by atoms with Gasteiger partial charge in [-0.15, -0.1) is 0 Å². The average molecular weight is 462 g/mol. The Bertz CT molecular complexity index is 980. The number of rotatable bonds is 8. The largest absolute Gasteiger partial charge is 0.491 e. The molecular formula is C21H20BrNO4S. The topological polar surface area (TPSA) is 66.8 Å². The highest BCUT2D eigenvalue weighted by atomic mass is 79.9. The van der Waals surface area contributed by atoms with E-state index in [1.165, 1.54) is 16.4 Å². The van der Waals surface area contributed by atoms with E-state index < -0.39 is 16.1 Å². The first kappa shape index (κ1) is 20.4. The first-order valence-corrected chi connectivity index (χ1v) is 10.9. The van der Waals surface area contributed by atoms with E-state index in [-0.39, 0.29) is 18.0 Å². The Hall–Kier alpha value is -2.35. The minimum absolute atomic E-state index is 0.0325. The van der Waals surface area contributed by atoms with Crippen LogP contribution in [0.3, 0.4) is 0 Å². The molecule has 3 aromatic carbocycles. The summed E-state index contributed by atoms with van der Waals surface area (Å²) in [6.45, 7) is -0.160. The van der Waals surface area contributed by atoms with Gasteiger partial charge in [0.25, 0.3) is 10.0 Å². The summed E-state index contributed by atoms with van der Waals surface area (Å²) in [6, 6.07) is 24.1. The zero-order valence-electron chi connectivity index (χ0n) is 15.0. The maximum absolute atomic E-state index is 13.1. The van der Waals surface area contributed by atoms with Gasteiger partial charge in [0.05, 0.1) is 17.1 Å². The maximum Gasteiger partial charge on any atom is 0.264 e. The van der Waals surface area contributed by atoms with Crippen LogP contribution in [0.5, 0.6) is 5.75 Å². The number of anilines is 1. The Morgan fingerprint density at radius 2 is 1.46 bits per heavy atom. The molecule has 0 heterocycles. The lowest BCUT2D eigenvalue weighted by Gasteiger charge is -2.27. The van der Waals surface area contributed by atoms with E-state index in [0.29, 0.717) is 11.4 Å². The monoisotopic (exact) mass is 461 g/mol. The minimum atomic E-state index is -3.83. The fourth-order valence-corrected chi connectivity index (χ4v) is 4.41. The molecule has 1 N–H and O–H groups in total. The third-order valence-electron chi connectivity index (χ3n) is 4.01. The van der Waals surface area contributed by atoms with E-state index in [0.717, 1.165) is 4.47 Å². The number of hydrogen-bond donors (Lipinski definition) is 1. The van der Waals surface area contributed by atoms with Gasteiger partial charge in [-0.25, -0.2) is 8.42 Å². The van der Waals surface area contributed by atoms with Gasteiger partial charge >= 0.3 is 0 Å². The van der Waals surface area contributed by atoms with Crippen molar-refractivity contribution in [1.29, 1.82) is 0 Å². The van der Waals surface area contributed by atoms with Crippen LogP contribution in [-0.4, -0.2) is 32.8 Å². The molecule has 7 heteroatoms. The summed E-state index contributed by atoms with van der Waals surface area (Å²) in [5, 5.41) is 10.5. The van der Waals surface area contributed by atoms with Crippen molar-refractivity contribution in [3.8, 4) is 5.75 Å². The molecule has 0 spiro atoms. The second-order valence-electron chi connectivity index (χ2n) is 6.10. The van der Waals surface area contributed by atoms with Crippen LogP contribution < -0.4 is 9.04 Å². The molecule has 146 valence electrons. The summed E-state index contributed by atoms with van der Waals surface area (Å²) >= 11 is 3.35.